The van der Waals surface area contributed by atoms with Gasteiger partial charge in [0.15, 0.2) is 5.88 Å². The molecule has 1 heterocycles. The van der Waals surface area contributed by atoms with Crippen LogP contribution in [0, 0.1) is 0 Å². The quantitative estimate of drug-likeness (QED) is 0.862. The first-order valence-corrected chi connectivity index (χ1v) is 6.06. The summed E-state index contributed by atoms with van der Waals surface area (Å²) in [5.74, 6) is 0.637. The fourth-order valence-corrected chi connectivity index (χ4v) is 2.33. The summed E-state index contributed by atoms with van der Waals surface area (Å²) >= 11 is 0. The molecule has 1 aliphatic rings. The Morgan fingerprint density at radius 2 is 1.39 bits per heavy atom. The first-order valence-electron chi connectivity index (χ1n) is 6.06. The SMILES string of the molecule is C=C1NC(c2ccccc2)C(c2ccccc2)O1. The van der Waals surface area contributed by atoms with Gasteiger partial charge in [-0.25, -0.2) is 0 Å². The second-order valence-electron chi connectivity index (χ2n) is 4.41. The van der Waals surface area contributed by atoms with Gasteiger partial charge in [-0.15, -0.1) is 0 Å². The zero-order valence-corrected chi connectivity index (χ0v) is 10.0. The third kappa shape index (κ3) is 1.97. The minimum Gasteiger partial charge on any atom is -0.469 e. The van der Waals surface area contributed by atoms with Gasteiger partial charge in [-0.2, -0.15) is 0 Å². The Morgan fingerprint density at radius 1 is 0.833 bits per heavy atom. The van der Waals surface area contributed by atoms with Crippen LogP contribution in [-0.2, 0) is 4.74 Å². The molecule has 1 aliphatic heterocycles. The van der Waals surface area contributed by atoms with Gasteiger partial charge in [0.2, 0.25) is 0 Å². The Bertz CT molecular complexity index is 486. The number of hydrogen-bond acceptors (Lipinski definition) is 2. The molecular formula is C16H15NO. The molecule has 0 amide bonds. The first kappa shape index (κ1) is 10.9. The summed E-state index contributed by atoms with van der Waals surface area (Å²) in [6, 6.07) is 20.7. The zero-order chi connectivity index (χ0) is 12.4. The van der Waals surface area contributed by atoms with E-state index < -0.39 is 0 Å². The zero-order valence-electron chi connectivity index (χ0n) is 10.0. The molecule has 2 aromatic rings. The minimum atomic E-state index is -0.0129. The standard InChI is InChI=1S/C16H15NO/c1-12-17-15(13-8-4-2-5-9-13)16(18-12)14-10-6-3-7-11-14/h2-11,15-17H,1H2. The molecule has 3 rings (SSSR count). The molecule has 1 N–H and O–H groups in total. The minimum absolute atomic E-state index is 0.0129. The lowest BCUT2D eigenvalue weighted by atomic mass is 9.97. The Morgan fingerprint density at radius 3 is 2.00 bits per heavy atom. The molecule has 0 saturated carbocycles. The van der Waals surface area contributed by atoms with Crippen LogP contribution in [0.3, 0.4) is 0 Å². The number of rotatable bonds is 2. The molecule has 2 heteroatoms. The molecule has 2 unspecified atom stereocenters. The van der Waals surface area contributed by atoms with E-state index in [2.05, 4.69) is 36.2 Å². The van der Waals surface area contributed by atoms with E-state index in [1.54, 1.807) is 0 Å². The Labute approximate surface area is 107 Å². The lowest BCUT2D eigenvalue weighted by Gasteiger charge is -2.18. The van der Waals surface area contributed by atoms with E-state index in [1.807, 2.05) is 36.4 Å². The van der Waals surface area contributed by atoms with Crippen molar-refractivity contribution in [3.05, 3.63) is 84.3 Å². The topological polar surface area (TPSA) is 21.3 Å². The van der Waals surface area contributed by atoms with Gasteiger partial charge in [0.1, 0.15) is 6.10 Å². The molecule has 0 aromatic heterocycles. The van der Waals surface area contributed by atoms with E-state index in [0.717, 1.165) is 5.56 Å². The molecule has 0 spiro atoms. The number of benzene rings is 2. The van der Waals surface area contributed by atoms with Gasteiger partial charge in [0, 0.05) is 0 Å². The largest absolute Gasteiger partial charge is 0.469 e. The maximum atomic E-state index is 5.81. The van der Waals surface area contributed by atoms with Crippen LogP contribution in [0.15, 0.2) is 73.1 Å². The highest BCUT2D eigenvalue weighted by Gasteiger charge is 2.32. The Kier molecular flexibility index (Phi) is 2.77. The molecule has 0 bridgehead atoms. The van der Waals surface area contributed by atoms with Gasteiger partial charge < -0.3 is 10.1 Å². The third-order valence-corrected chi connectivity index (χ3v) is 3.18. The van der Waals surface area contributed by atoms with Gasteiger partial charge in [0.25, 0.3) is 0 Å². The van der Waals surface area contributed by atoms with Gasteiger partial charge in [-0.05, 0) is 17.7 Å². The molecule has 2 aromatic carbocycles. The van der Waals surface area contributed by atoms with Crippen LogP contribution in [0.1, 0.15) is 23.3 Å². The number of ether oxygens (including phenoxy) is 1. The lowest BCUT2D eigenvalue weighted by molar-refractivity contribution is 0.152. The van der Waals surface area contributed by atoms with Crippen molar-refractivity contribution in [3.8, 4) is 0 Å². The van der Waals surface area contributed by atoms with E-state index in [-0.39, 0.29) is 12.1 Å². The summed E-state index contributed by atoms with van der Waals surface area (Å²) in [4.78, 5) is 0. The van der Waals surface area contributed by atoms with E-state index in [4.69, 9.17) is 4.74 Å². The van der Waals surface area contributed by atoms with Crippen molar-refractivity contribution in [1.29, 1.82) is 0 Å². The molecule has 2 nitrogen and oxygen atoms in total. The van der Waals surface area contributed by atoms with Crippen molar-refractivity contribution >= 4 is 0 Å². The van der Waals surface area contributed by atoms with Gasteiger partial charge in [-0.1, -0.05) is 60.7 Å². The molecule has 2 atom stereocenters. The van der Waals surface area contributed by atoms with Crippen molar-refractivity contribution in [2.45, 2.75) is 12.1 Å². The average molecular weight is 237 g/mol. The molecule has 18 heavy (non-hydrogen) atoms. The van der Waals surface area contributed by atoms with Gasteiger partial charge in [-0.3, -0.25) is 0 Å². The van der Waals surface area contributed by atoms with Crippen LogP contribution in [0.4, 0.5) is 0 Å². The van der Waals surface area contributed by atoms with Crippen LogP contribution < -0.4 is 5.32 Å². The van der Waals surface area contributed by atoms with E-state index >= 15 is 0 Å². The second kappa shape index (κ2) is 4.57. The van der Waals surface area contributed by atoms with Crippen LogP contribution in [0.2, 0.25) is 0 Å². The predicted molar refractivity (Wildman–Crippen MR) is 71.7 cm³/mol. The van der Waals surface area contributed by atoms with E-state index in [1.165, 1.54) is 5.56 Å². The van der Waals surface area contributed by atoms with Crippen molar-refractivity contribution in [1.82, 2.24) is 5.32 Å². The molecule has 1 fully saturated rings. The van der Waals surface area contributed by atoms with Crippen LogP contribution >= 0.6 is 0 Å². The Balaban J connectivity index is 1.96. The maximum Gasteiger partial charge on any atom is 0.180 e. The highest BCUT2D eigenvalue weighted by atomic mass is 16.5. The third-order valence-electron chi connectivity index (χ3n) is 3.18. The molecule has 90 valence electrons. The van der Waals surface area contributed by atoms with Crippen molar-refractivity contribution in [2.24, 2.45) is 0 Å². The maximum absolute atomic E-state index is 5.81. The first-order chi connectivity index (χ1) is 8.84. The summed E-state index contributed by atoms with van der Waals surface area (Å²) in [6.45, 7) is 3.87. The molecule has 0 aliphatic carbocycles. The fourth-order valence-electron chi connectivity index (χ4n) is 2.33. The van der Waals surface area contributed by atoms with Crippen molar-refractivity contribution < 1.29 is 4.74 Å². The molecular weight excluding hydrogens is 222 g/mol. The molecule has 1 saturated heterocycles. The van der Waals surface area contributed by atoms with Crippen LogP contribution in [-0.4, -0.2) is 0 Å². The summed E-state index contributed by atoms with van der Waals surface area (Å²) in [7, 11) is 0. The number of nitrogens with one attached hydrogen (secondary N) is 1. The predicted octanol–water partition coefficient (Wildman–Crippen LogP) is 3.56. The average Bonchev–Trinajstić information content (AvgIpc) is 2.83. The van der Waals surface area contributed by atoms with Crippen LogP contribution in [0.5, 0.6) is 0 Å². The molecule has 0 radical (unpaired) electrons. The monoisotopic (exact) mass is 237 g/mol. The normalized spacial score (nSPS) is 22.3. The fraction of sp³-hybridized carbons (Fsp3) is 0.125. The highest BCUT2D eigenvalue weighted by molar-refractivity contribution is 5.29. The summed E-state index contributed by atoms with van der Waals surface area (Å²) in [6.07, 6.45) is -0.0129. The summed E-state index contributed by atoms with van der Waals surface area (Å²) in [5, 5.41) is 3.30. The van der Waals surface area contributed by atoms with E-state index in [0.29, 0.717) is 5.88 Å². The van der Waals surface area contributed by atoms with Crippen molar-refractivity contribution in [2.75, 3.05) is 0 Å². The van der Waals surface area contributed by atoms with Gasteiger partial charge >= 0.3 is 0 Å². The highest BCUT2D eigenvalue weighted by Crippen LogP contribution is 2.38. The summed E-state index contributed by atoms with van der Waals surface area (Å²) in [5.41, 5.74) is 2.38. The van der Waals surface area contributed by atoms with E-state index in [9.17, 15) is 0 Å². The summed E-state index contributed by atoms with van der Waals surface area (Å²) < 4.78 is 5.81. The van der Waals surface area contributed by atoms with Gasteiger partial charge in [0.05, 0.1) is 6.04 Å². The second-order valence-corrected chi connectivity index (χ2v) is 4.41. The smallest absolute Gasteiger partial charge is 0.180 e. The lowest BCUT2D eigenvalue weighted by Crippen LogP contribution is -2.16. The van der Waals surface area contributed by atoms with Crippen molar-refractivity contribution in [3.63, 3.8) is 0 Å². The Hall–Kier alpha value is -2.22. The van der Waals surface area contributed by atoms with Crippen LogP contribution in [0.25, 0.3) is 0 Å². The number of hydrogen-bond donors (Lipinski definition) is 1.